The van der Waals surface area contributed by atoms with Crippen molar-refractivity contribution >= 4 is 46.7 Å². The van der Waals surface area contributed by atoms with Crippen molar-refractivity contribution in [1.82, 2.24) is 15.0 Å². The van der Waals surface area contributed by atoms with Crippen LogP contribution in [-0.4, -0.2) is 21.2 Å². The normalized spacial score (nSPS) is 11.1. The van der Waals surface area contributed by atoms with Gasteiger partial charge in [-0.05, 0) is 36.4 Å². The molecule has 0 atom stereocenters. The van der Waals surface area contributed by atoms with Gasteiger partial charge in [-0.3, -0.25) is 5.43 Å². The molecule has 0 bridgehead atoms. The highest BCUT2D eigenvalue weighted by atomic mass is 35.5. The van der Waals surface area contributed by atoms with E-state index in [0.29, 0.717) is 26.4 Å². The number of hydrogen-bond acceptors (Lipinski definition) is 4. The lowest BCUT2D eigenvalue weighted by Gasteiger charge is -2.04. The second kappa shape index (κ2) is 7.00. The molecule has 5 nitrogen and oxygen atoms in total. The van der Waals surface area contributed by atoms with E-state index in [1.165, 1.54) is 6.21 Å². The minimum atomic E-state index is 0.486. The Morgan fingerprint density at radius 1 is 1.00 bits per heavy atom. The number of benzene rings is 2. The summed E-state index contributed by atoms with van der Waals surface area (Å²) >= 11 is 17.9. The number of nitrogens with one attached hydrogen (secondary N) is 1. The number of hydrogen-bond donors (Lipinski definition) is 1. The lowest BCUT2D eigenvalue weighted by atomic mass is 10.3. The van der Waals surface area contributed by atoms with Crippen LogP contribution in [0.3, 0.4) is 0 Å². The smallest absolute Gasteiger partial charge is 0.126 e. The molecule has 0 aliphatic heterocycles. The van der Waals surface area contributed by atoms with Gasteiger partial charge in [0.25, 0.3) is 0 Å². The van der Waals surface area contributed by atoms with Crippen molar-refractivity contribution in [2.24, 2.45) is 5.10 Å². The van der Waals surface area contributed by atoms with Crippen molar-refractivity contribution in [3.63, 3.8) is 0 Å². The van der Waals surface area contributed by atoms with Crippen molar-refractivity contribution < 1.29 is 0 Å². The zero-order valence-corrected chi connectivity index (χ0v) is 13.9. The van der Waals surface area contributed by atoms with E-state index in [2.05, 4.69) is 20.8 Å². The summed E-state index contributed by atoms with van der Waals surface area (Å²) in [5, 5.41) is 13.8. The van der Waals surface area contributed by atoms with E-state index < -0.39 is 0 Å². The van der Waals surface area contributed by atoms with Crippen molar-refractivity contribution in [2.45, 2.75) is 0 Å². The molecule has 3 rings (SSSR count). The van der Waals surface area contributed by atoms with E-state index >= 15 is 0 Å². The fourth-order valence-corrected chi connectivity index (χ4v) is 2.43. The highest BCUT2D eigenvalue weighted by molar-refractivity contribution is 6.39. The molecular formula is C15H10Cl3N5. The standard InChI is InChI=1S/C15H10Cl3N5/c16-10-4-6-12(7-5-10)23-9-11(20-22-23)8-19-21-15-13(17)2-1-3-14(15)18/h1-9,21H/b19-8+. The Hall–Kier alpha value is -2.08. The highest BCUT2D eigenvalue weighted by Crippen LogP contribution is 2.29. The van der Waals surface area contributed by atoms with Gasteiger partial charge >= 0.3 is 0 Å². The average Bonchev–Trinajstić information content (AvgIpc) is 3.00. The molecule has 0 amide bonds. The highest BCUT2D eigenvalue weighted by Gasteiger charge is 2.04. The van der Waals surface area contributed by atoms with Crippen LogP contribution in [0, 0.1) is 0 Å². The van der Waals surface area contributed by atoms with Crippen LogP contribution in [0.15, 0.2) is 53.8 Å². The minimum Gasteiger partial charge on any atom is -0.275 e. The average molecular weight is 367 g/mol. The Balaban J connectivity index is 1.73. The van der Waals surface area contributed by atoms with Crippen LogP contribution in [0.5, 0.6) is 0 Å². The minimum absolute atomic E-state index is 0.486. The zero-order chi connectivity index (χ0) is 16.2. The summed E-state index contributed by atoms with van der Waals surface area (Å²) < 4.78 is 1.63. The van der Waals surface area contributed by atoms with Crippen LogP contribution in [0.4, 0.5) is 5.69 Å². The van der Waals surface area contributed by atoms with Gasteiger partial charge in [-0.15, -0.1) is 5.10 Å². The van der Waals surface area contributed by atoms with Crippen LogP contribution in [0.1, 0.15) is 5.69 Å². The third-order valence-electron chi connectivity index (χ3n) is 2.94. The van der Waals surface area contributed by atoms with Gasteiger partial charge in [0.2, 0.25) is 0 Å². The summed E-state index contributed by atoms with van der Waals surface area (Å²) in [6.07, 6.45) is 3.27. The molecule has 0 spiro atoms. The Bertz CT molecular complexity index is 822. The van der Waals surface area contributed by atoms with Gasteiger partial charge in [-0.1, -0.05) is 46.1 Å². The van der Waals surface area contributed by atoms with Gasteiger partial charge in [-0.2, -0.15) is 5.10 Å². The lowest BCUT2D eigenvalue weighted by molar-refractivity contribution is 0.803. The van der Waals surface area contributed by atoms with Gasteiger partial charge in [0.05, 0.1) is 33.8 Å². The summed E-state index contributed by atoms with van der Waals surface area (Å²) in [5.41, 5.74) is 4.77. The predicted octanol–water partition coefficient (Wildman–Crippen LogP) is 4.67. The molecule has 0 aliphatic carbocycles. The van der Waals surface area contributed by atoms with Crippen molar-refractivity contribution in [3.8, 4) is 5.69 Å². The van der Waals surface area contributed by atoms with Crippen molar-refractivity contribution in [2.75, 3.05) is 5.43 Å². The molecule has 3 aromatic rings. The van der Waals surface area contributed by atoms with Gasteiger partial charge in [0.15, 0.2) is 0 Å². The fraction of sp³-hybridized carbons (Fsp3) is 0. The number of anilines is 1. The summed E-state index contributed by atoms with van der Waals surface area (Å²) in [4.78, 5) is 0. The molecule has 0 aliphatic rings. The molecule has 0 saturated carbocycles. The number of rotatable bonds is 4. The second-order valence-corrected chi connectivity index (χ2v) is 5.78. The van der Waals surface area contributed by atoms with E-state index in [1.807, 2.05) is 12.1 Å². The Labute approximate surface area is 147 Å². The summed E-state index contributed by atoms with van der Waals surface area (Å²) in [5.74, 6) is 0. The molecule has 23 heavy (non-hydrogen) atoms. The third-order valence-corrected chi connectivity index (χ3v) is 3.82. The molecule has 0 saturated heterocycles. The van der Waals surface area contributed by atoms with Gasteiger partial charge < -0.3 is 0 Å². The van der Waals surface area contributed by atoms with Gasteiger partial charge in [0.1, 0.15) is 5.69 Å². The van der Waals surface area contributed by atoms with Crippen LogP contribution in [0.25, 0.3) is 5.69 Å². The molecule has 2 aromatic carbocycles. The summed E-state index contributed by atoms with van der Waals surface area (Å²) in [6.45, 7) is 0. The van der Waals surface area contributed by atoms with E-state index in [9.17, 15) is 0 Å². The van der Waals surface area contributed by atoms with E-state index in [4.69, 9.17) is 34.8 Å². The molecule has 0 unspecified atom stereocenters. The van der Waals surface area contributed by atoms with E-state index in [1.54, 1.807) is 41.2 Å². The molecular weight excluding hydrogens is 357 g/mol. The zero-order valence-electron chi connectivity index (χ0n) is 11.6. The van der Waals surface area contributed by atoms with Crippen LogP contribution in [-0.2, 0) is 0 Å². The topological polar surface area (TPSA) is 55.1 Å². The van der Waals surface area contributed by atoms with E-state index in [-0.39, 0.29) is 0 Å². The molecule has 1 heterocycles. The second-order valence-electron chi connectivity index (χ2n) is 4.53. The van der Waals surface area contributed by atoms with Crippen molar-refractivity contribution in [1.29, 1.82) is 0 Å². The first kappa shape index (κ1) is 15.8. The molecule has 8 heteroatoms. The molecule has 0 radical (unpaired) electrons. The number of halogens is 3. The first-order valence-corrected chi connectivity index (χ1v) is 7.68. The van der Waals surface area contributed by atoms with Gasteiger partial charge in [-0.25, -0.2) is 4.68 Å². The molecule has 1 aromatic heterocycles. The lowest BCUT2D eigenvalue weighted by Crippen LogP contribution is -1.93. The SMILES string of the molecule is Clc1ccc(-n2cc(/C=N/Nc3c(Cl)cccc3Cl)nn2)cc1. The maximum atomic E-state index is 6.04. The Kier molecular flexibility index (Phi) is 4.81. The number of para-hydroxylation sites is 1. The monoisotopic (exact) mass is 365 g/mol. The van der Waals surface area contributed by atoms with Crippen LogP contribution in [0.2, 0.25) is 15.1 Å². The van der Waals surface area contributed by atoms with Crippen molar-refractivity contribution in [3.05, 3.63) is 69.4 Å². The largest absolute Gasteiger partial charge is 0.275 e. The number of nitrogens with zero attached hydrogens (tertiary/aromatic N) is 4. The Morgan fingerprint density at radius 3 is 2.39 bits per heavy atom. The Morgan fingerprint density at radius 2 is 1.70 bits per heavy atom. The fourth-order valence-electron chi connectivity index (χ4n) is 1.82. The quantitative estimate of drug-likeness (QED) is 0.539. The maximum Gasteiger partial charge on any atom is 0.126 e. The predicted molar refractivity (Wildman–Crippen MR) is 94.0 cm³/mol. The van der Waals surface area contributed by atoms with Gasteiger partial charge in [0, 0.05) is 5.02 Å². The van der Waals surface area contributed by atoms with E-state index in [0.717, 1.165) is 5.69 Å². The maximum absolute atomic E-state index is 6.04. The molecule has 1 N–H and O–H groups in total. The first-order valence-electron chi connectivity index (χ1n) is 6.55. The number of hydrazone groups is 1. The first-order chi connectivity index (χ1) is 11.1. The molecule has 116 valence electrons. The number of aromatic nitrogens is 3. The summed E-state index contributed by atoms with van der Waals surface area (Å²) in [6, 6.07) is 12.5. The van der Waals surface area contributed by atoms with Crippen LogP contribution >= 0.6 is 34.8 Å². The van der Waals surface area contributed by atoms with Crippen LogP contribution < -0.4 is 5.43 Å². The summed E-state index contributed by atoms with van der Waals surface area (Å²) in [7, 11) is 0. The molecule has 0 fully saturated rings. The third kappa shape index (κ3) is 3.82.